The Bertz CT molecular complexity index is 800. The Balaban J connectivity index is 1.92. The number of aromatic hydroxyl groups is 1. The summed E-state index contributed by atoms with van der Waals surface area (Å²) >= 11 is 0. The topological polar surface area (TPSA) is 80.2 Å². The molecule has 0 bridgehead atoms. The fraction of sp³-hybridized carbons (Fsp3) is 0.263. The fourth-order valence-electron chi connectivity index (χ4n) is 2.27. The molecule has 2 aromatic carbocycles. The molecule has 1 amide bonds. The first-order valence-corrected chi connectivity index (χ1v) is 7.81. The van der Waals surface area contributed by atoms with Crippen LogP contribution in [0.15, 0.2) is 35.4 Å². The van der Waals surface area contributed by atoms with Gasteiger partial charge in [-0.1, -0.05) is 12.1 Å². The minimum absolute atomic E-state index is 0.0426. The number of ether oxygens (including phenoxy) is 2. The lowest BCUT2D eigenvalue weighted by Crippen LogP contribution is -2.25. The Kier molecular flexibility index (Phi) is 6.00. The number of aryl methyl sites for hydroxylation is 2. The summed E-state index contributed by atoms with van der Waals surface area (Å²) in [4.78, 5) is 11.9. The minimum Gasteiger partial charge on any atom is -0.504 e. The molecule has 6 heteroatoms. The second kappa shape index (κ2) is 8.19. The maximum Gasteiger partial charge on any atom is 0.277 e. The largest absolute Gasteiger partial charge is 0.504 e. The second-order valence-electron chi connectivity index (χ2n) is 5.67. The maximum absolute atomic E-state index is 11.9. The van der Waals surface area contributed by atoms with Gasteiger partial charge in [0.1, 0.15) is 5.75 Å². The molecule has 0 atom stereocenters. The number of carbonyl (C=O) groups is 1. The number of nitrogens with zero attached hydrogens (tertiary/aromatic N) is 1. The van der Waals surface area contributed by atoms with Gasteiger partial charge >= 0.3 is 0 Å². The van der Waals surface area contributed by atoms with E-state index >= 15 is 0 Å². The summed E-state index contributed by atoms with van der Waals surface area (Å²) in [5, 5.41) is 13.4. The molecule has 0 radical (unpaired) electrons. The lowest BCUT2D eigenvalue weighted by Gasteiger charge is -2.13. The van der Waals surface area contributed by atoms with Crippen molar-refractivity contribution >= 4 is 12.1 Å². The van der Waals surface area contributed by atoms with E-state index in [1.54, 1.807) is 12.1 Å². The molecule has 0 unspecified atom stereocenters. The highest BCUT2D eigenvalue weighted by molar-refractivity contribution is 5.83. The van der Waals surface area contributed by atoms with Crippen LogP contribution < -0.4 is 14.9 Å². The Labute approximate surface area is 147 Å². The summed E-state index contributed by atoms with van der Waals surface area (Å²) in [6, 6.07) is 8.75. The number of hydrogen-bond acceptors (Lipinski definition) is 5. The smallest absolute Gasteiger partial charge is 0.277 e. The van der Waals surface area contributed by atoms with Gasteiger partial charge in [0.05, 0.1) is 13.3 Å². The molecule has 0 fully saturated rings. The first-order valence-electron chi connectivity index (χ1n) is 7.81. The van der Waals surface area contributed by atoms with Gasteiger partial charge in [-0.15, -0.1) is 0 Å². The van der Waals surface area contributed by atoms with Gasteiger partial charge < -0.3 is 14.6 Å². The molecule has 0 heterocycles. The summed E-state index contributed by atoms with van der Waals surface area (Å²) in [7, 11) is 1.46. The average Bonchev–Trinajstić information content (AvgIpc) is 2.59. The van der Waals surface area contributed by atoms with E-state index in [0.717, 1.165) is 22.4 Å². The van der Waals surface area contributed by atoms with Crippen LogP contribution in [0.25, 0.3) is 0 Å². The molecular weight excluding hydrogens is 320 g/mol. The van der Waals surface area contributed by atoms with Crippen molar-refractivity contribution in [1.82, 2.24) is 5.43 Å². The molecule has 2 aromatic rings. The zero-order valence-electron chi connectivity index (χ0n) is 14.8. The number of phenols is 1. The summed E-state index contributed by atoms with van der Waals surface area (Å²) in [6.07, 6.45) is 1.46. The third kappa shape index (κ3) is 4.73. The van der Waals surface area contributed by atoms with Crippen molar-refractivity contribution in [2.75, 3.05) is 13.7 Å². The third-order valence-corrected chi connectivity index (χ3v) is 3.83. The van der Waals surface area contributed by atoms with Gasteiger partial charge in [0, 0.05) is 0 Å². The number of carbonyl (C=O) groups excluding carboxylic acids is 1. The molecule has 0 spiro atoms. The number of methoxy groups -OCH3 is 1. The van der Waals surface area contributed by atoms with Gasteiger partial charge in [-0.05, 0) is 61.2 Å². The molecular formula is C19H22N2O4. The van der Waals surface area contributed by atoms with Crippen molar-refractivity contribution in [3.63, 3.8) is 0 Å². The molecule has 0 aliphatic rings. The van der Waals surface area contributed by atoms with Crippen LogP contribution in [0, 0.1) is 20.8 Å². The first-order chi connectivity index (χ1) is 11.9. The van der Waals surface area contributed by atoms with E-state index in [2.05, 4.69) is 10.5 Å². The van der Waals surface area contributed by atoms with Gasteiger partial charge in [0.15, 0.2) is 18.1 Å². The van der Waals surface area contributed by atoms with E-state index in [-0.39, 0.29) is 18.3 Å². The highest BCUT2D eigenvalue weighted by Crippen LogP contribution is 2.26. The summed E-state index contributed by atoms with van der Waals surface area (Å²) in [5.41, 5.74) is 6.21. The highest BCUT2D eigenvalue weighted by atomic mass is 16.5. The monoisotopic (exact) mass is 342 g/mol. The lowest BCUT2D eigenvalue weighted by atomic mass is 10.1. The lowest BCUT2D eigenvalue weighted by molar-refractivity contribution is -0.123. The quantitative estimate of drug-likeness (QED) is 0.625. The van der Waals surface area contributed by atoms with Gasteiger partial charge in [-0.2, -0.15) is 5.10 Å². The Morgan fingerprint density at radius 3 is 2.64 bits per heavy atom. The number of hydrogen-bond donors (Lipinski definition) is 2. The summed E-state index contributed by atoms with van der Waals surface area (Å²) in [6.45, 7) is 5.78. The van der Waals surface area contributed by atoms with Crippen LogP contribution in [-0.2, 0) is 4.79 Å². The number of amides is 1. The van der Waals surface area contributed by atoms with E-state index in [4.69, 9.17) is 9.47 Å². The van der Waals surface area contributed by atoms with Crippen LogP contribution in [0.2, 0.25) is 0 Å². The zero-order valence-corrected chi connectivity index (χ0v) is 14.8. The van der Waals surface area contributed by atoms with E-state index in [9.17, 15) is 9.90 Å². The van der Waals surface area contributed by atoms with Crippen molar-refractivity contribution in [3.8, 4) is 17.2 Å². The second-order valence-corrected chi connectivity index (χ2v) is 5.67. The molecule has 0 aliphatic carbocycles. The van der Waals surface area contributed by atoms with Crippen molar-refractivity contribution < 1.29 is 19.4 Å². The summed E-state index contributed by atoms with van der Waals surface area (Å²) in [5.74, 6) is 0.745. The normalized spacial score (nSPS) is 10.7. The standard InChI is InChI=1S/C19H22N2O4/c1-12-5-6-13(2)19(14(12)3)25-11-18(23)21-20-10-15-7-8-16(22)17(9-15)24-4/h5-10,22H,11H2,1-4H3,(H,21,23)/b20-10-. The molecule has 0 aromatic heterocycles. The van der Waals surface area contributed by atoms with Crippen LogP contribution in [-0.4, -0.2) is 30.9 Å². The molecule has 0 aliphatic heterocycles. The Morgan fingerprint density at radius 1 is 1.20 bits per heavy atom. The molecule has 0 saturated carbocycles. The van der Waals surface area contributed by atoms with Crippen LogP contribution in [0.4, 0.5) is 0 Å². The Morgan fingerprint density at radius 2 is 1.92 bits per heavy atom. The molecule has 132 valence electrons. The van der Waals surface area contributed by atoms with Gasteiger partial charge in [0.2, 0.25) is 0 Å². The van der Waals surface area contributed by atoms with E-state index < -0.39 is 0 Å². The number of phenolic OH excluding ortho intramolecular Hbond substituents is 1. The van der Waals surface area contributed by atoms with E-state index in [1.165, 1.54) is 19.4 Å². The van der Waals surface area contributed by atoms with Crippen molar-refractivity contribution in [2.24, 2.45) is 5.10 Å². The minimum atomic E-state index is -0.359. The highest BCUT2D eigenvalue weighted by Gasteiger charge is 2.09. The van der Waals surface area contributed by atoms with Crippen molar-refractivity contribution in [2.45, 2.75) is 20.8 Å². The fourth-order valence-corrected chi connectivity index (χ4v) is 2.27. The molecule has 25 heavy (non-hydrogen) atoms. The zero-order chi connectivity index (χ0) is 18.4. The van der Waals surface area contributed by atoms with Gasteiger partial charge in [-0.25, -0.2) is 5.43 Å². The van der Waals surface area contributed by atoms with Gasteiger partial charge in [-0.3, -0.25) is 4.79 Å². The van der Waals surface area contributed by atoms with Crippen LogP contribution in [0.1, 0.15) is 22.3 Å². The van der Waals surface area contributed by atoms with Crippen LogP contribution in [0.3, 0.4) is 0 Å². The van der Waals surface area contributed by atoms with Crippen LogP contribution in [0.5, 0.6) is 17.2 Å². The third-order valence-electron chi connectivity index (χ3n) is 3.83. The van der Waals surface area contributed by atoms with E-state index in [0.29, 0.717) is 11.3 Å². The van der Waals surface area contributed by atoms with Crippen LogP contribution >= 0.6 is 0 Å². The Hall–Kier alpha value is -3.02. The molecule has 6 nitrogen and oxygen atoms in total. The molecule has 2 N–H and O–H groups in total. The van der Waals surface area contributed by atoms with Gasteiger partial charge in [0.25, 0.3) is 5.91 Å². The average molecular weight is 342 g/mol. The van der Waals surface area contributed by atoms with E-state index in [1.807, 2.05) is 32.9 Å². The molecule has 0 saturated heterocycles. The predicted molar refractivity (Wildman–Crippen MR) is 96.5 cm³/mol. The number of nitrogens with one attached hydrogen (secondary N) is 1. The van der Waals surface area contributed by atoms with Crippen molar-refractivity contribution in [1.29, 1.82) is 0 Å². The van der Waals surface area contributed by atoms with Crippen molar-refractivity contribution in [3.05, 3.63) is 52.6 Å². The first kappa shape index (κ1) is 18.3. The number of hydrazone groups is 1. The maximum atomic E-state index is 11.9. The SMILES string of the molecule is COc1cc(/C=N\NC(=O)COc2c(C)ccc(C)c2C)ccc1O. The molecule has 2 rings (SSSR count). The number of rotatable bonds is 6. The summed E-state index contributed by atoms with van der Waals surface area (Å²) < 4.78 is 10.6. The number of benzene rings is 2. The predicted octanol–water partition coefficient (Wildman–Crippen LogP) is 2.86.